The van der Waals surface area contributed by atoms with Crippen LogP contribution >= 0.6 is 0 Å². The molecule has 1 aliphatic rings. The molecule has 0 unspecified atom stereocenters. The van der Waals surface area contributed by atoms with Crippen LogP contribution in [-0.4, -0.2) is 58.7 Å². The van der Waals surface area contributed by atoms with Crippen molar-refractivity contribution in [1.29, 1.82) is 0 Å². The number of benzene rings is 3. The fraction of sp³-hybridized carbons (Fsp3) is 0.312. The van der Waals surface area contributed by atoms with Gasteiger partial charge in [0, 0.05) is 41.7 Å². The molecule has 196 valence electrons. The standard InChI is InChI=1S/C32H36N4O2/c1-35(2)21-22-14-17-25(18-15-22)33-30(23-10-6-4-7-11-23)29-27-20-24(16-19-28(27)34-31(29)37)32(38)36(3)26-12-8-5-9-13-26/h4,6-7,10-11,14-20,26,34,37H,5,8-9,12-13,21H2,1-3H3. The number of carbonyl (C=O) groups is 1. The van der Waals surface area contributed by atoms with E-state index in [1.165, 1.54) is 24.8 Å². The van der Waals surface area contributed by atoms with Gasteiger partial charge in [-0.1, -0.05) is 61.7 Å². The largest absolute Gasteiger partial charge is 0.494 e. The third-order valence-corrected chi connectivity index (χ3v) is 7.43. The fourth-order valence-corrected chi connectivity index (χ4v) is 5.42. The van der Waals surface area contributed by atoms with Crippen LogP contribution in [0.2, 0.25) is 0 Å². The van der Waals surface area contributed by atoms with E-state index in [4.69, 9.17) is 4.99 Å². The number of hydrogen-bond acceptors (Lipinski definition) is 4. The maximum Gasteiger partial charge on any atom is 0.253 e. The van der Waals surface area contributed by atoms with E-state index in [9.17, 15) is 9.90 Å². The number of nitrogens with one attached hydrogen (secondary N) is 1. The van der Waals surface area contributed by atoms with E-state index in [1.807, 2.05) is 86.7 Å². The number of rotatable bonds is 7. The average molecular weight is 509 g/mol. The van der Waals surface area contributed by atoms with Gasteiger partial charge in [0.15, 0.2) is 5.88 Å². The van der Waals surface area contributed by atoms with E-state index in [2.05, 4.69) is 22.0 Å². The Morgan fingerprint density at radius 2 is 1.63 bits per heavy atom. The summed E-state index contributed by atoms with van der Waals surface area (Å²) in [7, 11) is 6.01. The van der Waals surface area contributed by atoms with E-state index < -0.39 is 0 Å². The number of fused-ring (bicyclic) bond motifs is 1. The summed E-state index contributed by atoms with van der Waals surface area (Å²) < 4.78 is 0. The van der Waals surface area contributed by atoms with Gasteiger partial charge in [-0.05, 0) is 62.8 Å². The molecule has 2 N–H and O–H groups in total. The highest BCUT2D eigenvalue weighted by Crippen LogP contribution is 2.33. The Kier molecular flexibility index (Phi) is 7.61. The van der Waals surface area contributed by atoms with Crippen molar-refractivity contribution in [2.24, 2.45) is 4.99 Å². The normalized spacial score (nSPS) is 14.8. The van der Waals surface area contributed by atoms with Gasteiger partial charge >= 0.3 is 0 Å². The van der Waals surface area contributed by atoms with Crippen LogP contribution in [0.3, 0.4) is 0 Å². The lowest BCUT2D eigenvalue weighted by Gasteiger charge is -2.31. The van der Waals surface area contributed by atoms with Crippen LogP contribution in [0.25, 0.3) is 10.9 Å². The summed E-state index contributed by atoms with van der Waals surface area (Å²) in [4.78, 5) is 25.6. The first-order valence-electron chi connectivity index (χ1n) is 13.4. The molecule has 1 heterocycles. The molecule has 38 heavy (non-hydrogen) atoms. The average Bonchev–Trinajstić information content (AvgIpc) is 3.27. The molecule has 3 aromatic carbocycles. The van der Waals surface area contributed by atoms with Gasteiger partial charge in [-0.25, -0.2) is 4.99 Å². The second-order valence-corrected chi connectivity index (χ2v) is 10.5. The molecule has 1 fully saturated rings. The molecule has 6 nitrogen and oxygen atoms in total. The summed E-state index contributed by atoms with van der Waals surface area (Å²) in [6.45, 7) is 0.852. The van der Waals surface area contributed by atoms with Crippen LogP contribution in [0.5, 0.6) is 5.88 Å². The summed E-state index contributed by atoms with van der Waals surface area (Å²) in [5.74, 6) is 0.0529. The van der Waals surface area contributed by atoms with Gasteiger partial charge in [-0.3, -0.25) is 4.79 Å². The van der Waals surface area contributed by atoms with E-state index in [1.54, 1.807) is 0 Å². The number of aromatic nitrogens is 1. The smallest absolute Gasteiger partial charge is 0.253 e. The molecule has 4 aromatic rings. The van der Waals surface area contributed by atoms with Crippen molar-refractivity contribution in [3.05, 3.63) is 95.1 Å². The Morgan fingerprint density at radius 1 is 0.921 bits per heavy atom. The highest BCUT2D eigenvalue weighted by atomic mass is 16.3. The summed E-state index contributed by atoms with van der Waals surface area (Å²) in [5, 5.41) is 11.9. The summed E-state index contributed by atoms with van der Waals surface area (Å²) in [6.07, 6.45) is 5.70. The quantitative estimate of drug-likeness (QED) is 0.280. The van der Waals surface area contributed by atoms with Crippen LogP contribution < -0.4 is 0 Å². The predicted molar refractivity (Wildman–Crippen MR) is 155 cm³/mol. The van der Waals surface area contributed by atoms with Crippen molar-refractivity contribution in [1.82, 2.24) is 14.8 Å². The molecule has 0 bridgehead atoms. The maximum absolute atomic E-state index is 13.5. The van der Waals surface area contributed by atoms with Crippen LogP contribution in [0.15, 0.2) is 77.8 Å². The lowest BCUT2D eigenvalue weighted by Crippen LogP contribution is -2.38. The SMILES string of the molecule is CN(C)Cc1ccc(N=C(c2ccccc2)c2c(O)[nH]c3ccc(C(=O)N(C)C4CCCCC4)cc23)cc1. The van der Waals surface area contributed by atoms with Gasteiger partial charge in [0.25, 0.3) is 5.91 Å². The number of H-pyrrole nitrogens is 1. The number of nitrogens with zero attached hydrogens (tertiary/aromatic N) is 3. The van der Waals surface area contributed by atoms with E-state index in [0.29, 0.717) is 16.8 Å². The van der Waals surface area contributed by atoms with Gasteiger partial charge in [0.1, 0.15) is 0 Å². The number of hydrogen-bond donors (Lipinski definition) is 2. The lowest BCUT2D eigenvalue weighted by molar-refractivity contribution is 0.0696. The monoisotopic (exact) mass is 508 g/mol. The van der Waals surface area contributed by atoms with Gasteiger partial charge < -0.3 is 19.9 Å². The molecule has 1 amide bonds. The number of aromatic hydroxyl groups is 1. The molecule has 0 aliphatic heterocycles. The fourth-order valence-electron chi connectivity index (χ4n) is 5.42. The molecule has 0 spiro atoms. The van der Waals surface area contributed by atoms with Crippen molar-refractivity contribution in [3.8, 4) is 5.88 Å². The molecule has 0 radical (unpaired) electrons. The van der Waals surface area contributed by atoms with Gasteiger partial charge in [0.05, 0.1) is 17.0 Å². The number of aromatic amines is 1. The Bertz CT molecular complexity index is 1430. The zero-order valence-corrected chi connectivity index (χ0v) is 22.4. The summed E-state index contributed by atoms with van der Waals surface area (Å²) in [6, 6.07) is 23.9. The molecule has 0 atom stereocenters. The van der Waals surface area contributed by atoms with Crippen molar-refractivity contribution in [3.63, 3.8) is 0 Å². The summed E-state index contributed by atoms with van der Waals surface area (Å²) >= 11 is 0. The topological polar surface area (TPSA) is 71.9 Å². The van der Waals surface area contributed by atoms with E-state index in [0.717, 1.165) is 41.5 Å². The molecule has 0 saturated heterocycles. The first kappa shape index (κ1) is 25.7. The number of amides is 1. The maximum atomic E-state index is 13.5. The molecule has 6 heteroatoms. The Labute approximate surface area is 224 Å². The Balaban J connectivity index is 1.57. The molecule has 1 saturated carbocycles. The molecular weight excluding hydrogens is 472 g/mol. The van der Waals surface area contributed by atoms with Crippen LogP contribution in [0, 0.1) is 0 Å². The third kappa shape index (κ3) is 5.50. The van der Waals surface area contributed by atoms with Crippen molar-refractivity contribution >= 4 is 28.2 Å². The highest BCUT2D eigenvalue weighted by Gasteiger charge is 2.25. The number of carbonyl (C=O) groups excluding carboxylic acids is 1. The van der Waals surface area contributed by atoms with E-state index >= 15 is 0 Å². The molecule has 1 aromatic heterocycles. The Hall–Kier alpha value is -3.90. The number of aliphatic imine (C=N–C) groups is 1. The molecular formula is C32H36N4O2. The minimum atomic E-state index is 0.0140. The second kappa shape index (κ2) is 11.2. The minimum absolute atomic E-state index is 0.0140. The molecule has 1 aliphatic carbocycles. The van der Waals surface area contributed by atoms with Gasteiger partial charge in [-0.15, -0.1) is 0 Å². The van der Waals surface area contributed by atoms with Crippen molar-refractivity contribution in [2.75, 3.05) is 21.1 Å². The predicted octanol–water partition coefficient (Wildman–Crippen LogP) is 6.51. The van der Waals surface area contributed by atoms with Gasteiger partial charge in [0.2, 0.25) is 0 Å². The van der Waals surface area contributed by atoms with Crippen LogP contribution in [0.4, 0.5) is 5.69 Å². The first-order valence-corrected chi connectivity index (χ1v) is 13.4. The minimum Gasteiger partial charge on any atom is -0.494 e. The lowest BCUT2D eigenvalue weighted by atomic mass is 9.94. The first-order chi connectivity index (χ1) is 18.4. The van der Waals surface area contributed by atoms with Crippen molar-refractivity contribution in [2.45, 2.75) is 44.7 Å². The van der Waals surface area contributed by atoms with Crippen LogP contribution in [0.1, 0.15) is 59.2 Å². The van der Waals surface area contributed by atoms with Crippen molar-refractivity contribution < 1.29 is 9.90 Å². The summed E-state index contributed by atoms with van der Waals surface area (Å²) in [5.41, 5.74) is 5.51. The third-order valence-electron chi connectivity index (χ3n) is 7.43. The zero-order valence-electron chi connectivity index (χ0n) is 22.4. The highest BCUT2D eigenvalue weighted by molar-refractivity contribution is 6.22. The van der Waals surface area contributed by atoms with Crippen LogP contribution in [-0.2, 0) is 6.54 Å². The zero-order chi connectivity index (χ0) is 26.6. The molecule has 5 rings (SSSR count). The van der Waals surface area contributed by atoms with E-state index in [-0.39, 0.29) is 17.8 Å². The van der Waals surface area contributed by atoms with Gasteiger partial charge in [-0.2, -0.15) is 0 Å². The second-order valence-electron chi connectivity index (χ2n) is 10.5. The Morgan fingerprint density at radius 3 is 2.32 bits per heavy atom.